The summed E-state index contributed by atoms with van der Waals surface area (Å²) in [5, 5.41) is 11.0. The molecule has 102 valence electrons. The molecule has 0 fully saturated rings. The van der Waals surface area contributed by atoms with Crippen molar-refractivity contribution >= 4 is 28.5 Å². The van der Waals surface area contributed by atoms with Crippen molar-refractivity contribution in [2.24, 2.45) is 0 Å². The first-order valence-electron chi connectivity index (χ1n) is 6.33. The van der Waals surface area contributed by atoms with Gasteiger partial charge >= 0.3 is 0 Å². The number of hydrogen-bond donors (Lipinski definition) is 3. The lowest BCUT2D eigenvalue weighted by Crippen LogP contribution is -2.01. The van der Waals surface area contributed by atoms with Crippen LogP contribution in [0.4, 0.5) is 5.69 Å². The molecule has 0 bridgehead atoms. The Morgan fingerprint density at radius 1 is 1.20 bits per heavy atom. The number of nitrogens with zero attached hydrogens (tertiary/aromatic N) is 1. The predicted molar refractivity (Wildman–Crippen MR) is 82.6 cm³/mol. The first-order valence-corrected chi connectivity index (χ1v) is 7.32. The summed E-state index contributed by atoms with van der Waals surface area (Å²) in [6.07, 6.45) is -0.559. The Morgan fingerprint density at radius 2 is 2.05 bits per heavy atom. The van der Waals surface area contributed by atoms with E-state index in [2.05, 4.69) is 9.97 Å². The summed E-state index contributed by atoms with van der Waals surface area (Å²) < 4.78 is 0. The molecule has 3 rings (SSSR count). The number of rotatable bonds is 4. The van der Waals surface area contributed by atoms with Gasteiger partial charge in [0.15, 0.2) is 5.16 Å². The number of aromatic nitrogens is 2. The van der Waals surface area contributed by atoms with Gasteiger partial charge in [-0.15, -0.1) is 0 Å². The van der Waals surface area contributed by atoms with Crippen molar-refractivity contribution in [1.82, 2.24) is 9.97 Å². The fourth-order valence-corrected chi connectivity index (χ4v) is 2.87. The molecular formula is C15H15N3OS. The van der Waals surface area contributed by atoms with Gasteiger partial charge in [0.1, 0.15) is 0 Å². The minimum Gasteiger partial charge on any atom is -0.399 e. The topological polar surface area (TPSA) is 74.9 Å². The normalized spacial score (nSPS) is 12.7. The van der Waals surface area contributed by atoms with Crippen LogP contribution in [0.25, 0.3) is 11.0 Å². The standard InChI is InChI=1S/C15H15N3OS/c16-11-5-3-4-10(8-11)14(19)9-20-15-17-12-6-1-2-7-13(12)18-15/h1-8,14,19H,9,16H2,(H,17,18). The number of fused-ring (bicyclic) bond motifs is 1. The number of aliphatic hydroxyl groups excluding tert-OH is 1. The summed E-state index contributed by atoms with van der Waals surface area (Å²) in [7, 11) is 0. The molecule has 5 heteroatoms. The van der Waals surface area contributed by atoms with Gasteiger partial charge in [-0.05, 0) is 29.8 Å². The second-order valence-electron chi connectivity index (χ2n) is 4.56. The lowest BCUT2D eigenvalue weighted by molar-refractivity contribution is 0.204. The van der Waals surface area contributed by atoms with Crippen molar-refractivity contribution in [3.05, 3.63) is 54.1 Å². The Labute approximate surface area is 121 Å². The number of nitrogen functional groups attached to an aromatic ring is 1. The first-order chi connectivity index (χ1) is 9.72. The zero-order valence-electron chi connectivity index (χ0n) is 10.8. The Hall–Kier alpha value is -1.98. The van der Waals surface area contributed by atoms with Gasteiger partial charge in [-0.2, -0.15) is 0 Å². The Bertz CT molecular complexity index is 693. The maximum absolute atomic E-state index is 10.2. The SMILES string of the molecule is Nc1cccc(C(O)CSc2nc3ccccc3[nH]2)c1. The molecule has 0 amide bonds. The van der Waals surface area contributed by atoms with Gasteiger partial charge in [0.05, 0.1) is 17.1 Å². The maximum atomic E-state index is 10.2. The number of nitrogens with two attached hydrogens (primary N) is 1. The number of anilines is 1. The van der Waals surface area contributed by atoms with Crippen LogP contribution in [-0.2, 0) is 0 Å². The molecule has 0 aliphatic heterocycles. The maximum Gasteiger partial charge on any atom is 0.166 e. The van der Waals surface area contributed by atoms with E-state index in [0.29, 0.717) is 11.4 Å². The lowest BCUT2D eigenvalue weighted by atomic mass is 10.1. The van der Waals surface area contributed by atoms with Gasteiger partial charge in [-0.1, -0.05) is 36.0 Å². The third-order valence-corrected chi connectivity index (χ3v) is 3.99. The molecule has 1 atom stereocenters. The molecule has 0 aliphatic rings. The zero-order valence-corrected chi connectivity index (χ0v) is 11.6. The highest BCUT2D eigenvalue weighted by Gasteiger charge is 2.10. The molecule has 3 aromatic rings. The average molecular weight is 285 g/mol. The number of aliphatic hydroxyl groups is 1. The molecule has 0 saturated carbocycles. The summed E-state index contributed by atoms with van der Waals surface area (Å²) in [5.41, 5.74) is 9.15. The van der Waals surface area contributed by atoms with E-state index in [1.165, 1.54) is 11.8 Å². The molecule has 0 saturated heterocycles. The van der Waals surface area contributed by atoms with Gasteiger partial charge in [0, 0.05) is 11.4 Å². The van der Waals surface area contributed by atoms with E-state index in [0.717, 1.165) is 21.8 Å². The quantitative estimate of drug-likeness (QED) is 0.509. The van der Waals surface area contributed by atoms with Gasteiger partial charge in [-0.25, -0.2) is 4.98 Å². The smallest absolute Gasteiger partial charge is 0.166 e. The van der Waals surface area contributed by atoms with E-state index >= 15 is 0 Å². The molecular weight excluding hydrogens is 270 g/mol. The number of imidazole rings is 1. The molecule has 0 aliphatic carbocycles. The van der Waals surface area contributed by atoms with Crippen molar-refractivity contribution in [1.29, 1.82) is 0 Å². The molecule has 4 N–H and O–H groups in total. The minimum absolute atomic E-state index is 0.531. The van der Waals surface area contributed by atoms with Crippen LogP contribution >= 0.6 is 11.8 Å². The summed E-state index contributed by atoms with van der Waals surface area (Å²) >= 11 is 1.50. The van der Waals surface area contributed by atoms with E-state index in [1.54, 1.807) is 6.07 Å². The van der Waals surface area contributed by atoms with Crippen molar-refractivity contribution < 1.29 is 5.11 Å². The average Bonchev–Trinajstić information content (AvgIpc) is 2.87. The van der Waals surface area contributed by atoms with Crippen molar-refractivity contribution in [3.63, 3.8) is 0 Å². The Morgan fingerprint density at radius 3 is 2.85 bits per heavy atom. The van der Waals surface area contributed by atoms with Crippen molar-refractivity contribution in [2.75, 3.05) is 11.5 Å². The lowest BCUT2D eigenvalue weighted by Gasteiger charge is -2.10. The molecule has 2 aromatic carbocycles. The Balaban J connectivity index is 1.69. The number of aromatic amines is 1. The predicted octanol–water partition coefficient (Wildman–Crippen LogP) is 2.97. The van der Waals surface area contributed by atoms with Crippen LogP contribution < -0.4 is 5.73 Å². The summed E-state index contributed by atoms with van der Waals surface area (Å²) in [6, 6.07) is 15.2. The Kier molecular flexibility index (Phi) is 3.62. The van der Waals surface area contributed by atoms with Crippen LogP contribution in [0.5, 0.6) is 0 Å². The fourth-order valence-electron chi connectivity index (χ4n) is 2.02. The van der Waals surface area contributed by atoms with Crippen LogP contribution in [0, 0.1) is 0 Å². The zero-order chi connectivity index (χ0) is 13.9. The van der Waals surface area contributed by atoms with Crippen LogP contribution in [0.2, 0.25) is 0 Å². The van der Waals surface area contributed by atoms with E-state index in [4.69, 9.17) is 5.73 Å². The molecule has 0 spiro atoms. The summed E-state index contributed by atoms with van der Waals surface area (Å²) in [5.74, 6) is 0.531. The van der Waals surface area contributed by atoms with Gasteiger partial charge in [-0.3, -0.25) is 0 Å². The van der Waals surface area contributed by atoms with Gasteiger partial charge < -0.3 is 15.8 Å². The molecule has 20 heavy (non-hydrogen) atoms. The van der Waals surface area contributed by atoms with Gasteiger partial charge in [0.2, 0.25) is 0 Å². The number of para-hydroxylation sites is 2. The van der Waals surface area contributed by atoms with Crippen molar-refractivity contribution in [3.8, 4) is 0 Å². The summed E-state index contributed by atoms with van der Waals surface area (Å²) in [6.45, 7) is 0. The molecule has 1 unspecified atom stereocenters. The number of hydrogen-bond acceptors (Lipinski definition) is 4. The highest BCUT2D eigenvalue weighted by molar-refractivity contribution is 7.99. The van der Waals surface area contributed by atoms with Crippen LogP contribution in [-0.4, -0.2) is 20.8 Å². The number of H-pyrrole nitrogens is 1. The molecule has 1 aromatic heterocycles. The third kappa shape index (κ3) is 2.79. The van der Waals surface area contributed by atoms with E-state index in [-0.39, 0.29) is 0 Å². The largest absolute Gasteiger partial charge is 0.399 e. The fraction of sp³-hybridized carbons (Fsp3) is 0.133. The van der Waals surface area contributed by atoms with Crippen LogP contribution in [0.1, 0.15) is 11.7 Å². The highest BCUT2D eigenvalue weighted by Crippen LogP contribution is 2.25. The summed E-state index contributed by atoms with van der Waals surface area (Å²) in [4.78, 5) is 7.70. The first kappa shape index (κ1) is 13.0. The monoisotopic (exact) mass is 285 g/mol. The van der Waals surface area contributed by atoms with Crippen LogP contribution in [0.15, 0.2) is 53.7 Å². The minimum atomic E-state index is -0.559. The number of thioether (sulfide) groups is 1. The van der Waals surface area contributed by atoms with Gasteiger partial charge in [0.25, 0.3) is 0 Å². The second kappa shape index (κ2) is 5.56. The van der Waals surface area contributed by atoms with Crippen molar-refractivity contribution in [2.45, 2.75) is 11.3 Å². The molecule has 4 nitrogen and oxygen atoms in total. The van der Waals surface area contributed by atoms with Crippen LogP contribution in [0.3, 0.4) is 0 Å². The highest BCUT2D eigenvalue weighted by atomic mass is 32.2. The van der Waals surface area contributed by atoms with E-state index in [9.17, 15) is 5.11 Å². The molecule has 0 radical (unpaired) electrons. The van der Waals surface area contributed by atoms with E-state index in [1.807, 2.05) is 42.5 Å². The second-order valence-corrected chi connectivity index (χ2v) is 5.56. The molecule has 1 heterocycles. The third-order valence-electron chi connectivity index (χ3n) is 3.04. The van der Waals surface area contributed by atoms with E-state index < -0.39 is 6.10 Å². The number of benzene rings is 2. The number of nitrogens with one attached hydrogen (secondary N) is 1.